The number of nitrogens with zero attached hydrogens (tertiary/aromatic N) is 3. The van der Waals surface area contributed by atoms with Crippen molar-refractivity contribution in [3.8, 4) is 39.4 Å². The second-order valence-corrected chi connectivity index (χ2v) is 6.79. The molecule has 1 aromatic heterocycles. The molecule has 31 heavy (non-hydrogen) atoms. The summed E-state index contributed by atoms with van der Waals surface area (Å²) in [5, 5.41) is 32.0. The maximum Gasteiger partial charge on any atom is 0.270 e. The van der Waals surface area contributed by atoms with E-state index >= 15 is 0 Å². The molecule has 0 saturated carbocycles. The highest BCUT2D eigenvalue weighted by Crippen LogP contribution is 2.32. The van der Waals surface area contributed by atoms with Crippen LogP contribution in [0.25, 0.3) is 33.6 Å². The Kier molecular flexibility index (Phi) is 5.11. The van der Waals surface area contributed by atoms with Crippen LogP contribution in [0.5, 0.6) is 5.75 Å². The van der Waals surface area contributed by atoms with Crippen LogP contribution in [-0.4, -0.2) is 19.9 Å². The third-order valence-electron chi connectivity index (χ3n) is 4.73. The summed E-state index contributed by atoms with van der Waals surface area (Å²) < 4.78 is 0. The molecular formula is C23H15N3O5. The first-order valence-electron chi connectivity index (χ1n) is 9.22. The van der Waals surface area contributed by atoms with Crippen molar-refractivity contribution in [1.29, 1.82) is 0 Å². The molecule has 4 aromatic rings. The van der Waals surface area contributed by atoms with E-state index in [9.17, 15) is 25.3 Å². The minimum absolute atomic E-state index is 0.0637. The lowest BCUT2D eigenvalue weighted by Crippen LogP contribution is -1.94. The van der Waals surface area contributed by atoms with Crippen molar-refractivity contribution in [3.05, 3.63) is 105 Å². The van der Waals surface area contributed by atoms with Crippen molar-refractivity contribution in [2.75, 3.05) is 0 Å². The van der Waals surface area contributed by atoms with Crippen LogP contribution < -0.4 is 0 Å². The first kappa shape index (κ1) is 19.7. The highest BCUT2D eigenvalue weighted by molar-refractivity contribution is 5.77. The van der Waals surface area contributed by atoms with E-state index in [0.29, 0.717) is 22.5 Å². The average Bonchev–Trinajstić information content (AvgIpc) is 2.79. The van der Waals surface area contributed by atoms with Gasteiger partial charge in [0, 0.05) is 35.4 Å². The minimum atomic E-state index is -0.477. The first-order valence-corrected chi connectivity index (χ1v) is 9.22. The number of aromatic nitrogens is 1. The molecule has 0 aliphatic carbocycles. The highest BCUT2D eigenvalue weighted by Gasteiger charge is 2.14. The van der Waals surface area contributed by atoms with Crippen molar-refractivity contribution in [2.24, 2.45) is 0 Å². The van der Waals surface area contributed by atoms with E-state index in [1.807, 2.05) is 0 Å². The number of non-ortho nitro benzene ring substituents is 2. The summed E-state index contributed by atoms with van der Waals surface area (Å²) in [6, 6.07) is 22.4. The monoisotopic (exact) mass is 413 g/mol. The van der Waals surface area contributed by atoms with Gasteiger partial charge in [0.25, 0.3) is 11.4 Å². The maximum absolute atomic E-state index is 11.2. The zero-order chi connectivity index (χ0) is 22.0. The van der Waals surface area contributed by atoms with Gasteiger partial charge in [0.1, 0.15) is 5.75 Å². The van der Waals surface area contributed by atoms with E-state index in [2.05, 4.69) is 4.98 Å². The molecule has 0 amide bonds. The number of hydrogen-bond donors (Lipinski definition) is 1. The first-order chi connectivity index (χ1) is 14.9. The van der Waals surface area contributed by atoms with E-state index in [1.165, 1.54) is 24.3 Å². The highest BCUT2D eigenvalue weighted by atomic mass is 16.6. The number of phenols is 1. The molecule has 8 nitrogen and oxygen atoms in total. The largest absolute Gasteiger partial charge is 0.508 e. The van der Waals surface area contributed by atoms with Crippen LogP contribution in [0.1, 0.15) is 0 Å². The smallest absolute Gasteiger partial charge is 0.270 e. The van der Waals surface area contributed by atoms with E-state index < -0.39 is 9.85 Å². The predicted molar refractivity (Wildman–Crippen MR) is 116 cm³/mol. The molecule has 3 aromatic carbocycles. The SMILES string of the molecule is O=[N+]([O-])c1cccc(-c2cc(-c3ccc(O)cc3)cc(-c3cccc([N+](=O)[O-])c3)n2)c1. The molecule has 0 radical (unpaired) electrons. The summed E-state index contributed by atoms with van der Waals surface area (Å²) >= 11 is 0. The van der Waals surface area contributed by atoms with Gasteiger partial charge in [-0.1, -0.05) is 36.4 Å². The molecule has 4 rings (SSSR count). The van der Waals surface area contributed by atoms with Gasteiger partial charge in [-0.05, 0) is 35.4 Å². The number of nitro benzene ring substituents is 2. The molecule has 1 heterocycles. The summed E-state index contributed by atoms with van der Waals surface area (Å²) in [5.74, 6) is 0.121. The third-order valence-corrected chi connectivity index (χ3v) is 4.73. The lowest BCUT2D eigenvalue weighted by atomic mass is 9.99. The van der Waals surface area contributed by atoms with Crippen molar-refractivity contribution in [1.82, 2.24) is 4.98 Å². The summed E-state index contributed by atoms with van der Waals surface area (Å²) in [7, 11) is 0. The van der Waals surface area contributed by atoms with E-state index in [1.54, 1.807) is 60.7 Å². The van der Waals surface area contributed by atoms with Gasteiger partial charge in [0.15, 0.2) is 0 Å². The van der Waals surface area contributed by atoms with Crippen LogP contribution in [0.15, 0.2) is 84.9 Å². The number of benzene rings is 3. The second kappa shape index (κ2) is 8.03. The van der Waals surface area contributed by atoms with Crippen LogP contribution >= 0.6 is 0 Å². The molecule has 0 atom stereocenters. The lowest BCUT2D eigenvalue weighted by Gasteiger charge is -2.10. The van der Waals surface area contributed by atoms with Crippen molar-refractivity contribution in [3.63, 3.8) is 0 Å². The molecule has 0 bridgehead atoms. The van der Waals surface area contributed by atoms with Gasteiger partial charge < -0.3 is 5.11 Å². The van der Waals surface area contributed by atoms with Gasteiger partial charge in [0.05, 0.1) is 21.2 Å². The van der Waals surface area contributed by atoms with E-state index in [-0.39, 0.29) is 17.1 Å². The second-order valence-electron chi connectivity index (χ2n) is 6.79. The third kappa shape index (κ3) is 4.23. The van der Waals surface area contributed by atoms with Crippen LogP contribution in [0.2, 0.25) is 0 Å². The normalized spacial score (nSPS) is 10.6. The number of nitro groups is 2. The Labute approximate surface area is 176 Å². The van der Waals surface area contributed by atoms with Gasteiger partial charge in [0.2, 0.25) is 0 Å². The summed E-state index contributed by atoms with van der Waals surface area (Å²) in [4.78, 5) is 26.1. The summed E-state index contributed by atoms with van der Waals surface area (Å²) in [5.41, 5.74) is 3.46. The van der Waals surface area contributed by atoms with Crippen LogP contribution in [0, 0.1) is 20.2 Å². The molecule has 8 heteroatoms. The van der Waals surface area contributed by atoms with E-state index in [0.717, 1.165) is 11.1 Å². The van der Waals surface area contributed by atoms with Gasteiger partial charge in [-0.3, -0.25) is 20.2 Å². The lowest BCUT2D eigenvalue weighted by molar-refractivity contribution is -0.385. The Hall–Kier alpha value is -4.59. The molecule has 0 saturated heterocycles. The fraction of sp³-hybridized carbons (Fsp3) is 0. The molecule has 0 unspecified atom stereocenters. The topological polar surface area (TPSA) is 119 Å². The fourth-order valence-electron chi connectivity index (χ4n) is 3.20. The number of aromatic hydroxyl groups is 1. The molecule has 0 aliphatic rings. The fourth-order valence-corrected chi connectivity index (χ4v) is 3.20. The minimum Gasteiger partial charge on any atom is -0.508 e. The Morgan fingerprint density at radius 1 is 0.613 bits per heavy atom. The van der Waals surface area contributed by atoms with Crippen LogP contribution in [0.3, 0.4) is 0 Å². The van der Waals surface area contributed by atoms with Gasteiger partial charge in [-0.25, -0.2) is 4.98 Å². The quantitative estimate of drug-likeness (QED) is 0.336. The Morgan fingerprint density at radius 2 is 1.10 bits per heavy atom. The molecule has 152 valence electrons. The van der Waals surface area contributed by atoms with Crippen LogP contribution in [0.4, 0.5) is 11.4 Å². The predicted octanol–water partition coefficient (Wildman–Crippen LogP) is 5.60. The maximum atomic E-state index is 11.2. The van der Waals surface area contributed by atoms with E-state index in [4.69, 9.17) is 0 Å². The summed E-state index contributed by atoms with van der Waals surface area (Å²) in [6.07, 6.45) is 0. The number of hydrogen-bond acceptors (Lipinski definition) is 6. The number of phenolic OH excluding ortho intramolecular Hbond substituents is 1. The van der Waals surface area contributed by atoms with Gasteiger partial charge in [-0.15, -0.1) is 0 Å². The molecular weight excluding hydrogens is 398 g/mol. The van der Waals surface area contributed by atoms with Crippen molar-refractivity contribution in [2.45, 2.75) is 0 Å². The Morgan fingerprint density at radius 3 is 1.55 bits per heavy atom. The average molecular weight is 413 g/mol. The summed E-state index contributed by atoms with van der Waals surface area (Å²) in [6.45, 7) is 0. The molecule has 0 aliphatic heterocycles. The zero-order valence-corrected chi connectivity index (χ0v) is 16.0. The number of rotatable bonds is 5. The standard InChI is InChI=1S/C23H15N3O5/c27-21-9-7-15(8-10-21)18-13-22(16-3-1-5-19(11-16)25(28)29)24-23(14-18)17-4-2-6-20(12-17)26(30)31/h1-14,27H. The Balaban J connectivity index is 1.92. The molecule has 1 N–H and O–H groups in total. The van der Waals surface area contributed by atoms with Crippen molar-refractivity contribution >= 4 is 11.4 Å². The Bertz CT molecular complexity index is 1230. The van der Waals surface area contributed by atoms with Gasteiger partial charge >= 0.3 is 0 Å². The van der Waals surface area contributed by atoms with Crippen LogP contribution in [-0.2, 0) is 0 Å². The molecule has 0 spiro atoms. The number of pyridine rings is 1. The van der Waals surface area contributed by atoms with Crippen molar-refractivity contribution < 1.29 is 15.0 Å². The van der Waals surface area contributed by atoms with Gasteiger partial charge in [-0.2, -0.15) is 0 Å². The molecule has 0 fully saturated rings. The zero-order valence-electron chi connectivity index (χ0n) is 16.0.